The topological polar surface area (TPSA) is 108 Å². The summed E-state index contributed by atoms with van der Waals surface area (Å²) < 4.78 is 21.8. The summed E-state index contributed by atoms with van der Waals surface area (Å²) in [5, 5.41) is 7.85. The Hall–Kier alpha value is -3.62. The van der Waals surface area contributed by atoms with Gasteiger partial charge in [-0.25, -0.2) is 0 Å². The third-order valence-corrected chi connectivity index (χ3v) is 4.41. The molecule has 1 amide bonds. The average molecular weight is 397 g/mol. The zero-order valence-corrected chi connectivity index (χ0v) is 16.0. The molecule has 0 fully saturated rings. The summed E-state index contributed by atoms with van der Waals surface area (Å²) in [6.07, 6.45) is 0.179. The van der Waals surface area contributed by atoms with E-state index in [2.05, 4.69) is 10.2 Å². The lowest BCUT2D eigenvalue weighted by atomic mass is 10.2. The third-order valence-electron chi connectivity index (χ3n) is 4.41. The second-order valence-corrected chi connectivity index (χ2v) is 6.53. The summed E-state index contributed by atoms with van der Waals surface area (Å²) >= 11 is 0. The highest BCUT2D eigenvalue weighted by Crippen LogP contribution is 2.31. The standard InChI is InChI=1S/C20H19N3O6/c1-12-9-14(13(2)28-12)20-22-21-17(29-20)11-27-19(25)10-23-15-5-3-4-6-16(15)26-8-7-18(23)24/h3-6,9H,7-8,10-11H2,1-2H3. The molecule has 2 aromatic heterocycles. The number of benzene rings is 1. The number of para-hydroxylation sites is 2. The van der Waals surface area contributed by atoms with Gasteiger partial charge in [0, 0.05) is 0 Å². The Morgan fingerprint density at radius 2 is 2.03 bits per heavy atom. The molecular weight excluding hydrogens is 378 g/mol. The van der Waals surface area contributed by atoms with E-state index in [4.69, 9.17) is 18.3 Å². The summed E-state index contributed by atoms with van der Waals surface area (Å²) in [6.45, 7) is 3.45. The number of carbonyl (C=O) groups is 2. The minimum atomic E-state index is -0.592. The lowest BCUT2D eigenvalue weighted by Crippen LogP contribution is -2.36. The minimum absolute atomic E-state index is 0.150. The van der Waals surface area contributed by atoms with Crippen molar-refractivity contribution in [1.29, 1.82) is 0 Å². The number of rotatable bonds is 5. The van der Waals surface area contributed by atoms with Crippen molar-refractivity contribution in [1.82, 2.24) is 10.2 Å². The van der Waals surface area contributed by atoms with Crippen molar-refractivity contribution in [3.8, 4) is 17.2 Å². The summed E-state index contributed by atoms with van der Waals surface area (Å²) in [5.74, 6) is 1.59. The number of hydrogen-bond acceptors (Lipinski definition) is 8. The Balaban J connectivity index is 1.41. The van der Waals surface area contributed by atoms with Crippen LogP contribution in [0, 0.1) is 13.8 Å². The average Bonchev–Trinajstić information content (AvgIpc) is 3.26. The zero-order chi connectivity index (χ0) is 20.4. The molecule has 0 aliphatic carbocycles. The first kappa shape index (κ1) is 18.7. The Morgan fingerprint density at radius 1 is 1.21 bits per heavy atom. The summed E-state index contributed by atoms with van der Waals surface area (Å²) in [6, 6.07) is 8.86. The first-order valence-corrected chi connectivity index (χ1v) is 9.09. The lowest BCUT2D eigenvalue weighted by Gasteiger charge is -2.20. The maximum absolute atomic E-state index is 12.4. The minimum Gasteiger partial charge on any atom is -0.491 e. The molecule has 9 nitrogen and oxygen atoms in total. The molecule has 0 radical (unpaired) electrons. The zero-order valence-electron chi connectivity index (χ0n) is 16.0. The van der Waals surface area contributed by atoms with Gasteiger partial charge in [-0.3, -0.25) is 14.5 Å². The van der Waals surface area contributed by atoms with Crippen LogP contribution in [0.25, 0.3) is 11.5 Å². The lowest BCUT2D eigenvalue weighted by molar-refractivity contribution is -0.144. The molecule has 29 heavy (non-hydrogen) atoms. The molecule has 0 N–H and O–H groups in total. The molecule has 3 aromatic rings. The number of nitrogens with zero attached hydrogens (tertiary/aromatic N) is 3. The fourth-order valence-electron chi connectivity index (χ4n) is 3.07. The van der Waals surface area contributed by atoms with Crippen LogP contribution in [0.5, 0.6) is 5.75 Å². The van der Waals surface area contributed by atoms with E-state index in [-0.39, 0.29) is 38.0 Å². The Morgan fingerprint density at radius 3 is 2.83 bits per heavy atom. The molecule has 150 valence electrons. The molecule has 1 aliphatic heterocycles. The SMILES string of the molecule is Cc1cc(-c2nnc(COC(=O)CN3C(=O)CCOc4ccccc43)o2)c(C)o1. The van der Waals surface area contributed by atoms with Gasteiger partial charge in [-0.2, -0.15) is 0 Å². The molecular formula is C20H19N3O6. The number of hydrogen-bond donors (Lipinski definition) is 0. The second kappa shape index (κ2) is 7.78. The van der Waals surface area contributed by atoms with Gasteiger partial charge in [-0.1, -0.05) is 12.1 Å². The fraction of sp³-hybridized carbons (Fsp3) is 0.300. The van der Waals surface area contributed by atoms with Crippen molar-refractivity contribution >= 4 is 17.6 Å². The number of fused-ring (bicyclic) bond motifs is 1. The number of furan rings is 1. The molecule has 3 heterocycles. The smallest absolute Gasteiger partial charge is 0.326 e. The van der Waals surface area contributed by atoms with Gasteiger partial charge in [-0.05, 0) is 32.0 Å². The molecule has 0 spiro atoms. The molecule has 1 aliphatic rings. The highest BCUT2D eigenvalue weighted by molar-refractivity contribution is 5.99. The van der Waals surface area contributed by atoms with E-state index < -0.39 is 5.97 Å². The summed E-state index contributed by atoms with van der Waals surface area (Å²) in [4.78, 5) is 26.1. The summed E-state index contributed by atoms with van der Waals surface area (Å²) in [7, 11) is 0. The van der Waals surface area contributed by atoms with Gasteiger partial charge in [0.15, 0.2) is 6.61 Å². The van der Waals surface area contributed by atoms with Crippen LogP contribution in [0.2, 0.25) is 0 Å². The van der Waals surface area contributed by atoms with Crippen LogP contribution in [0.4, 0.5) is 5.69 Å². The Bertz CT molecular complexity index is 1050. The molecule has 0 saturated heterocycles. The predicted octanol–water partition coefficient (Wildman–Crippen LogP) is 2.81. The Labute approximate surface area is 166 Å². The van der Waals surface area contributed by atoms with Crippen molar-refractivity contribution in [2.45, 2.75) is 26.9 Å². The van der Waals surface area contributed by atoms with Gasteiger partial charge < -0.3 is 18.3 Å². The first-order chi connectivity index (χ1) is 14.0. The number of anilines is 1. The van der Waals surface area contributed by atoms with E-state index in [1.165, 1.54) is 4.90 Å². The number of carbonyl (C=O) groups excluding carboxylic acids is 2. The highest BCUT2D eigenvalue weighted by atomic mass is 16.5. The van der Waals surface area contributed by atoms with E-state index in [9.17, 15) is 9.59 Å². The molecule has 0 saturated carbocycles. The van der Waals surface area contributed by atoms with Crippen LogP contribution in [-0.2, 0) is 20.9 Å². The molecule has 0 bridgehead atoms. The van der Waals surface area contributed by atoms with E-state index in [1.54, 1.807) is 31.2 Å². The molecule has 0 unspecified atom stereocenters. The third kappa shape index (κ3) is 3.98. The number of aryl methyl sites for hydroxylation is 2. The van der Waals surface area contributed by atoms with Crippen LogP contribution in [0.15, 0.2) is 39.2 Å². The molecule has 9 heteroatoms. The van der Waals surface area contributed by atoms with Gasteiger partial charge >= 0.3 is 5.97 Å². The molecule has 1 aromatic carbocycles. The van der Waals surface area contributed by atoms with E-state index >= 15 is 0 Å². The van der Waals surface area contributed by atoms with Gasteiger partial charge in [-0.15, -0.1) is 10.2 Å². The quantitative estimate of drug-likeness (QED) is 0.605. The maximum Gasteiger partial charge on any atom is 0.326 e. The highest BCUT2D eigenvalue weighted by Gasteiger charge is 2.26. The molecule has 4 rings (SSSR count). The van der Waals surface area contributed by atoms with Gasteiger partial charge in [0.2, 0.25) is 5.91 Å². The number of ether oxygens (including phenoxy) is 2. The van der Waals surface area contributed by atoms with Gasteiger partial charge in [0.25, 0.3) is 11.8 Å². The van der Waals surface area contributed by atoms with Crippen molar-refractivity contribution in [3.05, 3.63) is 47.7 Å². The monoisotopic (exact) mass is 397 g/mol. The Kier molecular flexibility index (Phi) is 5.03. The number of aromatic nitrogens is 2. The van der Waals surface area contributed by atoms with Gasteiger partial charge in [0.05, 0.1) is 24.3 Å². The van der Waals surface area contributed by atoms with Crippen LogP contribution >= 0.6 is 0 Å². The van der Waals surface area contributed by atoms with Gasteiger partial charge in [0.1, 0.15) is 23.8 Å². The van der Waals surface area contributed by atoms with Crippen molar-refractivity contribution in [2.24, 2.45) is 0 Å². The normalized spacial score (nSPS) is 13.6. The number of amides is 1. The van der Waals surface area contributed by atoms with Crippen molar-refractivity contribution in [2.75, 3.05) is 18.1 Å². The molecule has 0 atom stereocenters. The second-order valence-electron chi connectivity index (χ2n) is 6.53. The number of esters is 1. The van der Waals surface area contributed by atoms with Crippen molar-refractivity contribution in [3.63, 3.8) is 0 Å². The van der Waals surface area contributed by atoms with E-state index in [0.717, 1.165) is 5.76 Å². The first-order valence-electron chi connectivity index (χ1n) is 9.09. The van der Waals surface area contributed by atoms with Crippen LogP contribution in [0.1, 0.15) is 23.8 Å². The largest absolute Gasteiger partial charge is 0.491 e. The maximum atomic E-state index is 12.4. The van der Waals surface area contributed by atoms with Crippen LogP contribution < -0.4 is 9.64 Å². The van der Waals surface area contributed by atoms with E-state index in [1.807, 2.05) is 13.0 Å². The van der Waals surface area contributed by atoms with E-state index in [0.29, 0.717) is 28.7 Å². The van der Waals surface area contributed by atoms with Crippen LogP contribution in [-0.4, -0.2) is 35.2 Å². The predicted molar refractivity (Wildman–Crippen MR) is 100 cm³/mol. The fourth-order valence-corrected chi connectivity index (χ4v) is 3.07. The van der Waals surface area contributed by atoms with Crippen LogP contribution in [0.3, 0.4) is 0 Å². The van der Waals surface area contributed by atoms with Crippen molar-refractivity contribution < 1.29 is 27.9 Å². The summed E-state index contributed by atoms with van der Waals surface area (Å²) in [5.41, 5.74) is 1.23.